The highest BCUT2D eigenvalue weighted by molar-refractivity contribution is 5.93. The van der Waals surface area contributed by atoms with Gasteiger partial charge in [-0.05, 0) is 61.9 Å². The van der Waals surface area contributed by atoms with Crippen molar-refractivity contribution in [2.24, 2.45) is 0 Å². The fourth-order valence-corrected chi connectivity index (χ4v) is 4.63. The first-order valence-corrected chi connectivity index (χ1v) is 10.8. The molecule has 0 unspecified atom stereocenters. The van der Waals surface area contributed by atoms with E-state index in [0.29, 0.717) is 12.1 Å². The van der Waals surface area contributed by atoms with Gasteiger partial charge >= 0.3 is 0 Å². The molecule has 30 heavy (non-hydrogen) atoms. The lowest BCUT2D eigenvalue weighted by Crippen LogP contribution is -2.44. The predicted molar refractivity (Wildman–Crippen MR) is 116 cm³/mol. The van der Waals surface area contributed by atoms with Gasteiger partial charge in [-0.2, -0.15) is 0 Å². The van der Waals surface area contributed by atoms with Crippen LogP contribution in [0.1, 0.15) is 47.2 Å². The molecule has 2 saturated heterocycles. The molecule has 4 rings (SSSR count). The number of likely N-dealkylation sites (tertiary alicyclic amines) is 1. The molecule has 2 aliphatic heterocycles. The van der Waals surface area contributed by atoms with Crippen LogP contribution in [0.25, 0.3) is 0 Å². The maximum atomic E-state index is 12.2. The Kier molecular flexibility index (Phi) is 6.35. The van der Waals surface area contributed by atoms with Crippen molar-refractivity contribution in [2.75, 3.05) is 26.7 Å². The summed E-state index contributed by atoms with van der Waals surface area (Å²) in [5.74, 6) is 0.856. The second kappa shape index (κ2) is 9.14. The number of nitrogens with one attached hydrogen (secondary N) is 1. The van der Waals surface area contributed by atoms with E-state index in [2.05, 4.69) is 40.3 Å². The molecule has 0 saturated carbocycles. The van der Waals surface area contributed by atoms with Gasteiger partial charge in [-0.25, -0.2) is 0 Å². The molecular weight excluding hydrogens is 378 g/mol. The summed E-state index contributed by atoms with van der Waals surface area (Å²) in [5.41, 5.74) is 3.08. The average Bonchev–Trinajstić information content (AvgIpc) is 3.17. The van der Waals surface area contributed by atoms with Crippen LogP contribution in [-0.4, -0.2) is 54.2 Å². The van der Waals surface area contributed by atoms with Gasteiger partial charge in [0.2, 0.25) is 0 Å². The molecule has 3 heterocycles. The average molecular weight is 410 g/mol. The molecule has 1 amide bonds. The Labute approximate surface area is 178 Å². The number of aryl methyl sites for hydroxylation is 1. The lowest BCUT2D eigenvalue weighted by Gasteiger charge is -2.39. The fourth-order valence-electron chi connectivity index (χ4n) is 4.63. The van der Waals surface area contributed by atoms with Crippen LogP contribution in [0, 0.1) is 6.92 Å². The van der Waals surface area contributed by atoms with Crippen LogP contribution >= 0.6 is 0 Å². The molecule has 0 aliphatic carbocycles. The molecule has 1 aromatic carbocycles. The molecule has 1 aromatic heterocycles. The third kappa shape index (κ3) is 4.82. The minimum atomic E-state index is -0.0859. The first kappa shape index (κ1) is 20.8. The fraction of sp³-hybridized carbons (Fsp3) is 0.500. The normalized spacial score (nSPS) is 20.9. The zero-order valence-electron chi connectivity index (χ0n) is 17.9. The van der Waals surface area contributed by atoms with Crippen LogP contribution in [0.2, 0.25) is 0 Å². The molecule has 2 aliphatic rings. The van der Waals surface area contributed by atoms with Gasteiger partial charge in [0.05, 0.1) is 24.4 Å². The number of pyridine rings is 1. The quantitative estimate of drug-likeness (QED) is 0.793. The number of carbonyl (C=O) groups excluding carboxylic acids is 1. The maximum Gasteiger partial charge on any atom is 0.252 e. The number of aromatic nitrogens is 1. The van der Waals surface area contributed by atoms with Gasteiger partial charge in [0.25, 0.3) is 5.91 Å². The Hall–Kier alpha value is -2.44. The summed E-state index contributed by atoms with van der Waals surface area (Å²) in [6, 6.07) is 9.98. The van der Waals surface area contributed by atoms with Crippen LogP contribution in [0.4, 0.5) is 0 Å². The lowest BCUT2D eigenvalue weighted by atomic mass is 9.88. The van der Waals surface area contributed by atoms with Crippen LogP contribution in [0.3, 0.4) is 0 Å². The number of hydrogen-bond donors (Lipinski definition) is 1. The zero-order valence-corrected chi connectivity index (χ0v) is 17.9. The number of rotatable bonds is 6. The Morgan fingerprint density at radius 2 is 2.13 bits per heavy atom. The monoisotopic (exact) mass is 409 g/mol. The van der Waals surface area contributed by atoms with E-state index in [1.807, 2.05) is 0 Å². The van der Waals surface area contributed by atoms with E-state index in [4.69, 9.17) is 9.47 Å². The number of ether oxygens (including phenoxy) is 2. The summed E-state index contributed by atoms with van der Waals surface area (Å²) < 4.78 is 11.8. The van der Waals surface area contributed by atoms with E-state index in [1.165, 1.54) is 11.1 Å². The van der Waals surface area contributed by atoms with Gasteiger partial charge in [-0.3, -0.25) is 14.7 Å². The Balaban J connectivity index is 1.24. The first-order valence-electron chi connectivity index (χ1n) is 10.8. The van der Waals surface area contributed by atoms with Crippen LogP contribution < -0.4 is 10.1 Å². The highest BCUT2D eigenvalue weighted by atomic mass is 16.5. The summed E-state index contributed by atoms with van der Waals surface area (Å²) in [4.78, 5) is 18.7. The van der Waals surface area contributed by atoms with Gasteiger partial charge in [-0.1, -0.05) is 12.1 Å². The third-order valence-corrected chi connectivity index (χ3v) is 6.39. The summed E-state index contributed by atoms with van der Waals surface area (Å²) in [5, 5.41) is 2.99. The molecular formula is C24H31N3O3. The third-order valence-electron chi connectivity index (χ3n) is 6.39. The Bertz CT molecular complexity index is 863. The topological polar surface area (TPSA) is 63.7 Å². The molecule has 2 fully saturated rings. The molecule has 2 aromatic rings. The Morgan fingerprint density at radius 1 is 1.30 bits per heavy atom. The minimum Gasteiger partial charge on any atom is -0.496 e. The highest BCUT2D eigenvalue weighted by Crippen LogP contribution is 2.39. The summed E-state index contributed by atoms with van der Waals surface area (Å²) >= 11 is 0. The lowest BCUT2D eigenvalue weighted by molar-refractivity contribution is -0.0764. The number of nitrogens with zero attached hydrogens (tertiary/aromatic N) is 2. The second-order valence-electron chi connectivity index (χ2n) is 8.49. The molecule has 0 radical (unpaired) electrons. The summed E-state index contributed by atoms with van der Waals surface area (Å²) in [6.07, 6.45) is 7.54. The summed E-state index contributed by atoms with van der Waals surface area (Å²) in [7, 11) is 1.71. The Morgan fingerprint density at radius 3 is 2.83 bits per heavy atom. The van der Waals surface area contributed by atoms with E-state index in [-0.39, 0.29) is 17.6 Å². The highest BCUT2D eigenvalue weighted by Gasteiger charge is 2.42. The predicted octanol–water partition coefficient (Wildman–Crippen LogP) is 3.34. The van der Waals surface area contributed by atoms with Gasteiger partial charge in [0, 0.05) is 38.6 Å². The van der Waals surface area contributed by atoms with Gasteiger partial charge in [-0.15, -0.1) is 0 Å². The molecule has 160 valence electrons. The number of piperidine rings is 1. The van der Waals surface area contributed by atoms with Crippen LogP contribution in [0.5, 0.6) is 5.75 Å². The molecule has 6 heteroatoms. The van der Waals surface area contributed by atoms with Crippen LogP contribution in [-0.2, 0) is 11.3 Å². The molecule has 1 spiro atoms. The van der Waals surface area contributed by atoms with E-state index >= 15 is 0 Å². The van der Waals surface area contributed by atoms with E-state index in [0.717, 1.165) is 51.1 Å². The standard InChI is InChI=1S/C24H31N3O3/c1-18-14-19(5-6-22(18)29-2)17-27-12-9-24(10-13-27)8-7-21(30-24)16-26-23(28)20-4-3-11-25-15-20/h3-6,11,14-15,21H,7-10,12-13,16-17H2,1-2H3,(H,26,28)/t21-/m0/s1. The smallest absolute Gasteiger partial charge is 0.252 e. The maximum absolute atomic E-state index is 12.2. The van der Waals surface area contributed by atoms with E-state index < -0.39 is 0 Å². The number of hydrogen-bond acceptors (Lipinski definition) is 5. The van der Waals surface area contributed by atoms with Gasteiger partial charge in [0.1, 0.15) is 5.75 Å². The van der Waals surface area contributed by atoms with Crippen molar-refractivity contribution in [1.29, 1.82) is 0 Å². The van der Waals surface area contributed by atoms with Gasteiger partial charge < -0.3 is 14.8 Å². The summed E-state index contributed by atoms with van der Waals surface area (Å²) in [6.45, 7) is 5.70. The van der Waals surface area contributed by atoms with Crippen molar-refractivity contribution < 1.29 is 14.3 Å². The van der Waals surface area contributed by atoms with Crippen molar-refractivity contribution in [1.82, 2.24) is 15.2 Å². The first-order chi connectivity index (χ1) is 14.6. The number of carbonyl (C=O) groups is 1. The SMILES string of the molecule is COc1ccc(CN2CCC3(CC[C@@H](CNC(=O)c4cccnc4)O3)CC2)cc1C. The molecule has 1 atom stereocenters. The van der Waals surface area contributed by atoms with Crippen LogP contribution in [0.15, 0.2) is 42.7 Å². The van der Waals surface area contributed by atoms with Crippen molar-refractivity contribution in [3.05, 3.63) is 59.4 Å². The number of benzene rings is 1. The number of methoxy groups -OCH3 is 1. The molecule has 1 N–H and O–H groups in total. The van der Waals surface area contributed by atoms with Crippen molar-refractivity contribution in [2.45, 2.75) is 50.9 Å². The zero-order chi connectivity index (χ0) is 21.0. The largest absolute Gasteiger partial charge is 0.496 e. The van der Waals surface area contributed by atoms with Crippen molar-refractivity contribution in [3.8, 4) is 5.75 Å². The minimum absolute atomic E-state index is 0.0178. The van der Waals surface area contributed by atoms with E-state index in [1.54, 1.807) is 31.6 Å². The van der Waals surface area contributed by atoms with Crippen molar-refractivity contribution >= 4 is 5.91 Å². The van der Waals surface area contributed by atoms with E-state index in [9.17, 15) is 4.79 Å². The molecule has 0 bridgehead atoms. The molecule has 6 nitrogen and oxygen atoms in total. The van der Waals surface area contributed by atoms with Gasteiger partial charge in [0.15, 0.2) is 0 Å². The second-order valence-corrected chi connectivity index (χ2v) is 8.49. The van der Waals surface area contributed by atoms with Crippen molar-refractivity contribution in [3.63, 3.8) is 0 Å². The number of amides is 1.